The van der Waals surface area contributed by atoms with Crippen LogP contribution in [0, 0.1) is 5.92 Å². The van der Waals surface area contributed by atoms with E-state index in [1.807, 2.05) is 30.3 Å². The van der Waals surface area contributed by atoms with Crippen molar-refractivity contribution in [2.45, 2.75) is 31.8 Å². The van der Waals surface area contributed by atoms with Crippen molar-refractivity contribution >= 4 is 33.3 Å². The summed E-state index contributed by atoms with van der Waals surface area (Å²) in [5.74, 6) is 0.149. The van der Waals surface area contributed by atoms with Gasteiger partial charge in [-0.05, 0) is 60.7 Å². The van der Waals surface area contributed by atoms with Crippen LogP contribution in [-0.2, 0) is 9.53 Å². The lowest BCUT2D eigenvalue weighted by Gasteiger charge is -2.26. The number of hydrogen-bond acceptors (Lipinski definition) is 3. The van der Waals surface area contributed by atoms with Crippen LogP contribution in [0.25, 0.3) is 32.9 Å². The summed E-state index contributed by atoms with van der Waals surface area (Å²) in [6.07, 6.45) is 3.94. The highest BCUT2D eigenvalue weighted by Gasteiger charge is 2.26. The summed E-state index contributed by atoms with van der Waals surface area (Å²) >= 11 is 0. The van der Waals surface area contributed by atoms with Gasteiger partial charge in [-0.1, -0.05) is 36.4 Å². The summed E-state index contributed by atoms with van der Waals surface area (Å²) < 4.78 is 5.42. The number of aromatic nitrogens is 2. The average Bonchev–Trinajstić information content (AvgIpc) is 3.22. The zero-order chi connectivity index (χ0) is 20.5. The number of carbonyl (C=O) groups is 1. The van der Waals surface area contributed by atoms with Gasteiger partial charge >= 0.3 is 0 Å². The third-order valence-electron chi connectivity index (χ3n) is 6.23. The van der Waals surface area contributed by atoms with E-state index in [1.54, 1.807) is 7.11 Å². The molecule has 0 spiro atoms. The fraction of sp³-hybridized carbons (Fsp3) is 0.280. The SMILES string of the molecule is COC1CCC(C(=O)Nc2ccc3[nH]nc(-c4ccc5ccccc5c4)c3c2)CC1. The third-order valence-corrected chi connectivity index (χ3v) is 6.23. The molecule has 0 atom stereocenters. The Hall–Kier alpha value is -3.18. The molecule has 1 saturated carbocycles. The highest BCUT2D eigenvalue weighted by molar-refractivity contribution is 6.00. The molecule has 5 nitrogen and oxygen atoms in total. The van der Waals surface area contributed by atoms with Gasteiger partial charge in [0.2, 0.25) is 5.91 Å². The van der Waals surface area contributed by atoms with E-state index in [-0.39, 0.29) is 11.8 Å². The van der Waals surface area contributed by atoms with Crippen molar-refractivity contribution in [3.8, 4) is 11.3 Å². The zero-order valence-electron chi connectivity index (χ0n) is 17.0. The Morgan fingerprint density at radius 3 is 2.60 bits per heavy atom. The van der Waals surface area contributed by atoms with E-state index < -0.39 is 0 Å². The van der Waals surface area contributed by atoms with Crippen molar-refractivity contribution < 1.29 is 9.53 Å². The largest absolute Gasteiger partial charge is 0.381 e. The Bertz CT molecular complexity index is 1210. The Balaban J connectivity index is 1.41. The molecule has 0 bridgehead atoms. The Morgan fingerprint density at radius 2 is 1.80 bits per heavy atom. The maximum absolute atomic E-state index is 12.8. The highest BCUT2D eigenvalue weighted by atomic mass is 16.5. The first-order chi connectivity index (χ1) is 14.7. The van der Waals surface area contributed by atoms with Crippen molar-refractivity contribution in [1.82, 2.24) is 10.2 Å². The third kappa shape index (κ3) is 3.57. The molecule has 1 amide bonds. The van der Waals surface area contributed by atoms with Crippen LogP contribution in [0.5, 0.6) is 0 Å². The molecule has 0 radical (unpaired) electrons. The summed E-state index contributed by atoms with van der Waals surface area (Å²) in [6, 6.07) is 20.6. The number of H-pyrrole nitrogens is 1. The number of methoxy groups -OCH3 is 1. The lowest BCUT2D eigenvalue weighted by atomic mass is 9.86. The number of nitrogens with zero attached hydrogens (tertiary/aromatic N) is 1. The summed E-state index contributed by atoms with van der Waals surface area (Å²) in [6.45, 7) is 0. The van der Waals surface area contributed by atoms with Crippen molar-refractivity contribution in [3.63, 3.8) is 0 Å². The zero-order valence-corrected chi connectivity index (χ0v) is 17.0. The second kappa shape index (κ2) is 7.92. The average molecular weight is 399 g/mol. The van der Waals surface area contributed by atoms with E-state index in [0.29, 0.717) is 6.10 Å². The number of ether oxygens (including phenoxy) is 1. The molecule has 0 aliphatic heterocycles. The molecule has 1 aliphatic rings. The molecule has 0 unspecified atom stereocenters. The molecule has 1 aliphatic carbocycles. The molecule has 1 aromatic heterocycles. The first-order valence-corrected chi connectivity index (χ1v) is 10.5. The normalized spacial score (nSPS) is 19.2. The number of carbonyl (C=O) groups excluding carboxylic acids is 1. The lowest BCUT2D eigenvalue weighted by Crippen LogP contribution is -2.29. The van der Waals surface area contributed by atoms with Crippen molar-refractivity contribution in [3.05, 3.63) is 60.7 Å². The van der Waals surface area contributed by atoms with E-state index in [9.17, 15) is 4.79 Å². The Morgan fingerprint density at radius 1 is 1.00 bits per heavy atom. The van der Waals surface area contributed by atoms with E-state index >= 15 is 0 Å². The van der Waals surface area contributed by atoms with Crippen molar-refractivity contribution in [1.29, 1.82) is 0 Å². The van der Waals surface area contributed by atoms with Crippen LogP contribution in [0.4, 0.5) is 5.69 Å². The first kappa shape index (κ1) is 18.8. The molecule has 152 valence electrons. The second-order valence-electron chi connectivity index (χ2n) is 8.09. The van der Waals surface area contributed by atoms with Crippen LogP contribution in [0.2, 0.25) is 0 Å². The van der Waals surface area contributed by atoms with Crippen LogP contribution < -0.4 is 5.32 Å². The Kier molecular flexibility index (Phi) is 4.97. The number of anilines is 1. The monoisotopic (exact) mass is 399 g/mol. The minimum absolute atomic E-state index is 0.0522. The molecule has 2 N–H and O–H groups in total. The van der Waals surface area contributed by atoms with Crippen LogP contribution in [-0.4, -0.2) is 29.3 Å². The van der Waals surface area contributed by atoms with Crippen LogP contribution in [0.3, 0.4) is 0 Å². The van der Waals surface area contributed by atoms with Gasteiger partial charge in [0.15, 0.2) is 0 Å². The van der Waals surface area contributed by atoms with Gasteiger partial charge in [0.1, 0.15) is 0 Å². The number of rotatable bonds is 4. The van der Waals surface area contributed by atoms with E-state index in [1.165, 1.54) is 10.8 Å². The molecule has 3 aromatic carbocycles. The standard InChI is InChI=1S/C25H25N3O2/c1-30-21-11-8-17(9-12-21)25(29)26-20-10-13-23-22(15-20)24(28-27-23)19-7-6-16-4-2-3-5-18(16)14-19/h2-7,10,13-15,17,21H,8-9,11-12H2,1H3,(H,26,29)(H,27,28). The van der Waals surface area contributed by atoms with Gasteiger partial charge in [-0.25, -0.2) is 0 Å². The molecule has 0 saturated heterocycles. The smallest absolute Gasteiger partial charge is 0.227 e. The number of benzene rings is 3. The molecule has 1 heterocycles. The Labute approximate surface area is 175 Å². The van der Waals surface area contributed by atoms with E-state index in [0.717, 1.165) is 53.5 Å². The van der Waals surface area contributed by atoms with Crippen molar-refractivity contribution in [2.24, 2.45) is 5.92 Å². The van der Waals surface area contributed by atoms with E-state index in [2.05, 4.69) is 45.8 Å². The highest BCUT2D eigenvalue weighted by Crippen LogP contribution is 2.31. The fourth-order valence-corrected chi connectivity index (χ4v) is 4.45. The number of fused-ring (bicyclic) bond motifs is 2. The summed E-state index contributed by atoms with van der Waals surface area (Å²) in [5, 5.41) is 14.2. The topological polar surface area (TPSA) is 67.0 Å². The number of aromatic amines is 1. The number of amides is 1. The molecule has 30 heavy (non-hydrogen) atoms. The minimum atomic E-state index is 0.0522. The first-order valence-electron chi connectivity index (χ1n) is 10.5. The second-order valence-corrected chi connectivity index (χ2v) is 8.09. The van der Waals surface area contributed by atoms with Crippen molar-refractivity contribution in [2.75, 3.05) is 12.4 Å². The summed E-state index contributed by atoms with van der Waals surface area (Å²) in [5.41, 5.74) is 3.72. The molecular weight excluding hydrogens is 374 g/mol. The summed E-state index contributed by atoms with van der Waals surface area (Å²) in [7, 11) is 1.75. The van der Waals surface area contributed by atoms with Gasteiger partial charge < -0.3 is 10.1 Å². The van der Waals surface area contributed by atoms with Gasteiger partial charge in [0.05, 0.1) is 17.3 Å². The maximum atomic E-state index is 12.8. The maximum Gasteiger partial charge on any atom is 0.227 e. The molecule has 1 fully saturated rings. The number of nitrogens with one attached hydrogen (secondary N) is 2. The molecule has 5 heteroatoms. The van der Waals surface area contributed by atoms with Gasteiger partial charge in [-0.2, -0.15) is 5.10 Å². The minimum Gasteiger partial charge on any atom is -0.381 e. The van der Waals surface area contributed by atoms with Crippen LogP contribution in [0.1, 0.15) is 25.7 Å². The van der Waals surface area contributed by atoms with Gasteiger partial charge in [-0.3, -0.25) is 9.89 Å². The number of hydrogen-bond donors (Lipinski definition) is 2. The van der Waals surface area contributed by atoms with Gasteiger partial charge in [0.25, 0.3) is 0 Å². The molecule has 5 rings (SSSR count). The van der Waals surface area contributed by atoms with Gasteiger partial charge in [-0.15, -0.1) is 0 Å². The van der Waals surface area contributed by atoms with E-state index in [4.69, 9.17) is 4.74 Å². The van der Waals surface area contributed by atoms with Gasteiger partial charge in [0, 0.05) is 29.7 Å². The molecular formula is C25H25N3O2. The molecule has 4 aromatic rings. The predicted octanol–water partition coefficient (Wildman–Crippen LogP) is 5.53. The van der Waals surface area contributed by atoms with Crippen LogP contribution in [0.15, 0.2) is 60.7 Å². The van der Waals surface area contributed by atoms with Crippen LogP contribution >= 0.6 is 0 Å². The fourth-order valence-electron chi connectivity index (χ4n) is 4.45. The summed E-state index contributed by atoms with van der Waals surface area (Å²) in [4.78, 5) is 12.8. The quantitative estimate of drug-likeness (QED) is 0.474. The predicted molar refractivity (Wildman–Crippen MR) is 120 cm³/mol. The lowest BCUT2D eigenvalue weighted by molar-refractivity contribution is -0.121.